The highest BCUT2D eigenvalue weighted by atomic mass is 19.1. The first-order chi connectivity index (χ1) is 13.0. The molecule has 1 amide bonds. The van der Waals surface area contributed by atoms with Crippen LogP contribution in [0.5, 0.6) is 0 Å². The van der Waals surface area contributed by atoms with E-state index in [4.69, 9.17) is 9.84 Å². The lowest BCUT2D eigenvalue weighted by Crippen LogP contribution is -2.20. The van der Waals surface area contributed by atoms with Gasteiger partial charge in [0.25, 0.3) is 0 Å². The van der Waals surface area contributed by atoms with Crippen molar-refractivity contribution in [3.8, 4) is 0 Å². The summed E-state index contributed by atoms with van der Waals surface area (Å²) in [5, 5.41) is 11.5. The Morgan fingerprint density at radius 2 is 1.78 bits per heavy atom. The number of amides is 1. The van der Waals surface area contributed by atoms with Crippen LogP contribution in [0.15, 0.2) is 48.5 Å². The number of carboxylic acids is 1. The molecule has 3 rings (SSSR count). The molecule has 1 saturated carbocycles. The van der Waals surface area contributed by atoms with Crippen LogP contribution in [0.4, 0.5) is 14.9 Å². The lowest BCUT2D eigenvalue weighted by molar-refractivity contribution is -0.142. The molecule has 2 N–H and O–H groups in total. The fraction of sp³-hybridized carbons (Fsp3) is 0.333. The minimum Gasteiger partial charge on any atom is -0.481 e. The lowest BCUT2D eigenvalue weighted by Gasteiger charge is -2.26. The highest BCUT2D eigenvalue weighted by Gasteiger charge is 2.27. The van der Waals surface area contributed by atoms with Gasteiger partial charge in [-0.15, -0.1) is 0 Å². The summed E-state index contributed by atoms with van der Waals surface area (Å²) in [5.41, 5.74) is 1.75. The minimum atomic E-state index is -0.756. The summed E-state index contributed by atoms with van der Waals surface area (Å²) in [6.45, 7) is 0.110. The number of carbonyl (C=O) groups excluding carboxylic acids is 1. The number of hydrogen-bond donors (Lipinski definition) is 2. The smallest absolute Gasteiger partial charge is 0.412 e. The second kappa shape index (κ2) is 8.66. The van der Waals surface area contributed by atoms with Gasteiger partial charge in [0.15, 0.2) is 0 Å². The summed E-state index contributed by atoms with van der Waals surface area (Å²) in [4.78, 5) is 22.9. The quantitative estimate of drug-likeness (QED) is 0.781. The molecule has 6 heteroatoms. The van der Waals surface area contributed by atoms with E-state index in [0.717, 1.165) is 24.0 Å². The average Bonchev–Trinajstić information content (AvgIpc) is 2.69. The van der Waals surface area contributed by atoms with E-state index in [1.165, 1.54) is 12.1 Å². The zero-order valence-electron chi connectivity index (χ0n) is 14.9. The maximum atomic E-state index is 14.4. The fourth-order valence-corrected chi connectivity index (χ4v) is 3.43. The Kier molecular flexibility index (Phi) is 6.06. The summed E-state index contributed by atoms with van der Waals surface area (Å²) < 4.78 is 19.5. The summed E-state index contributed by atoms with van der Waals surface area (Å²) in [6, 6.07) is 14.0. The van der Waals surface area contributed by atoms with Crippen LogP contribution in [0.1, 0.15) is 42.7 Å². The van der Waals surface area contributed by atoms with Crippen LogP contribution in [-0.4, -0.2) is 17.2 Å². The van der Waals surface area contributed by atoms with Gasteiger partial charge in [-0.3, -0.25) is 10.1 Å². The van der Waals surface area contributed by atoms with Gasteiger partial charge in [-0.05, 0) is 54.9 Å². The maximum Gasteiger partial charge on any atom is 0.412 e. The zero-order valence-corrected chi connectivity index (χ0v) is 14.9. The molecule has 0 aromatic heterocycles. The molecule has 0 bridgehead atoms. The first-order valence-corrected chi connectivity index (χ1v) is 9.03. The fourth-order valence-electron chi connectivity index (χ4n) is 3.43. The van der Waals surface area contributed by atoms with Crippen LogP contribution in [0.3, 0.4) is 0 Å². The molecule has 0 aliphatic heterocycles. The van der Waals surface area contributed by atoms with Crippen molar-refractivity contribution in [3.05, 3.63) is 65.5 Å². The summed E-state index contributed by atoms with van der Waals surface area (Å²) in [7, 11) is 0. The van der Waals surface area contributed by atoms with Crippen molar-refractivity contribution in [1.29, 1.82) is 0 Å². The van der Waals surface area contributed by atoms with Crippen LogP contribution >= 0.6 is 0 Å². The Morgan fingerprint density at radius 3 is 2.41 bits per heavy atom. The number of anilines is 1. The van der Waals surface area contributed by atoms with Gasteiger partial charge >= 0.3 is 12.1 Å². The topological polar surface area (TPSA) is 75.6 Å². The van der Waals surface area contributed by atoms with Crippen molar-refractivity contribution in [3.63, 3.8) is 0 Å². The number of ether oxygens (including phenoxy) is 1. The number of aliphatic carboxylic acids is 1. The Hall–Kier alpha value is -2.89. The van der Waals surface area contributed by atoms with Gasteiger partial charge < -0.3 is 9.84 Å². The molecule has 0 heterocycles. The highest BCUT2D eigenvalue weighted by molar-refractivity contribution is 5.84. The van der Waals surface area contributed by atoms with E-state index in [0.29, 0.717) is 12.8 Å². The van der Waals surface area contributed by atoms with Crippen molar-refractivity contribution in [2.45, 2.75) is 38.2 Å². The lowest BCUT2D eigenvalue weighted by atomic mass is 9.79. The predicted molar refractivity (Wildman–Crippen MR) is 99.0 cm³/mol. The van der Waals surface area contributed by atoms with Gasteiger partial charge in [0, 0.05) is 0 Å². The van der Waals surface area contributed by atoms with Crippen LogP contribution in [0.25, 0.3) is 0 Å². The molecule has 2 aromatic carbocycles. The molecule has 0 atom stereocenters. The van der Waals surface area contributed by atoms with E-state index in [9.17, 15) is 14.0 Å². The van der Waals surface area contributed by atoms with E-state index < -0.39 is 17.9 Å². The normalized spacial score (nSPS) is 19.3. The van der Waals surface area contributed by atoms with Crippen LogP contribution in [0.2, 0.25) is 0 Å². The number of carboxylic acid groups (broad SMARTS) is 1. The molecule has 27 heavy (non-hydrogen) atoms. The van der Waals surface area contributed by atoms with Gasteiger partial charge in [0.05, 0.1) is 11.6 Å². The molecule has 1 aliphatic rings. The molecule has 142 valence electrons. The Labute approximate surface area is 157 Å². The molecular formula is C21H22FNO4. The van der Waals surface area contributed by atoms with Gasteiger partial charge in [-0.25, -0.2) is 9.18 Å². The van der Waals surface area contributed by atoms with Crippen LogP contribution in [-0.2, 0) is 16.1 Å². The summed E-state index contributed by atoms with van der Waals surface area (Å²) in [6.07, 6.45) is 1.94. The molecular weight excluding hydrogens is 349 g/mol. The van der Waals surface area contributed by atoms with Crippen molar-refractivity contribution >= 4 is 17.7 Å². The third-order valence-electron chi connectivity index (χ3n) is 4.99. The zero-order chi connectivity index (χ0) is 19.2. The second-order valence-corrected chi connectivity index (χ2v) is 6.81. The molecule has 0 unspecified atom stereocenters. The molecule has 5 nitrogen and oxygen atoms in total. The largest absolute Gasteiger partial charge is 0.481 e. The van der Waals surface area contributed by atoms with Crippen molar-refractivity contribution in [1.82, 2.24) is 0 Å². The Balaban J connectivity index is 1.55. The predicted octanol–water partition coefficient (Wildman–Crippen LogP) is 4.93. The Morgan fingerprint density at radius 1 is 1.07 bits per heavy atom. The molecule has 2 aromatic rings. The van der Waals surface area contributed by atoms with Gasteiger partial charge in [-0.2, -0.15) is 0 Å². The summed E-state index contributed by atoms with van der Waals surface area (Å²) in [5.74, 6) is -1.43. The number of rotatable bonds is 5. The Bertz CT molecular complexity index is 801. The van der Waals surface area contributed by atoms with Crippen molar-refractivity contribution in [2.75, 3.05) is 5.32 Å². The van der Waals surface area contributed by atoms with E-state index in [2.05, 4.69) is 5.32 Å². The number of benzene rings is 2. The van der Waals surface area contributed by atoms with Gasteiger partial charge in [0.2, 0.25) is 0 Å². The maximum absolute atomic E-state index is 14.4. The minimum absolute atomic E-state index is 0.0658. The van der Waals surface area contributed by atoms with E-state index >= 15 is 0 Å². The van der Waals surface area contributed by atoms with E-state index in [1.807, 2.05) is 30.3 Å². The number of nitrogens with one attached hydrogen (secondary N) is 1. The molecule has 1 fully saturated rings. The summed E-state index contributed by atoms with van der Waals surface area (Å²) >= 11 is 0. The molecule has 1 aliphatic carbocycles. The third-order valence-corrected chi connectivity index (χ3v) is 4.99. The number of carbonyl (C=O) groups is 2. The number of halogens is 1. The third kappa shape index (κ3) is 5.06. The van der Waals surface area contributed by atoms with Crippen LogP contribution in [0, 0.1) is 11.7 Å². The van der Waals surface area contributed by atoms with E-state index in [-0.39, 0.29) is 24.1 Å². The molecule has 0 spiro atoms. The van der Waals surface area contributed by atoms with Crippen molar-refractivity contribution < 1.29 is 23.8 Å². The van der Waals surface area contributed by atoms with Crippen LogP contribution < -0.4 is 5.32 Å². The van der Waals surface area contributed by atoms with E-state index in [1.54, 1.807) is 6.07 Å². The monoisotopic (exact) mass is 371 g/mol. The molecule has 0 saturated heterocycles. The van der Waals surface area contributed by atoms with Crippen molar-refractivity contribution in [2.24, 2.45) is 5.92 Å². The SMILES string of the molecule is O=C(Nc1ccc([C@H]2CC[C@H](C(=O)O)CC2)cc1F)OCc1ccccc1. The first-order valence-electron chi connectivity index (χ1n) is 9.03. The molecule has 0 radical (unpaired) electrons. The van der Waals surface area contributed by atoms with Gasteiger partial charge in [0.1, 0.15) is 12.4 Å². The second-order valence-electron chi connectivity index (χ2n) is 6.81. The van der Waals surface area contributed by atoms with Gasteiger partial charge in [-0.1, -0.05) is 36.4 Å². The standard InChI is InChI=1S/C21H22FNO4/c22-18-12-17(15-6-8-16(9-7-15)20(24)25)10-11-19(18)23-21(26)27-13-14-4-2-1-3-5-14/h1-5,10-12,15-16H,6-9,13H2,(H,23,26)(H,24,25)/t15-,16-. The average molecular weight is 371 g/mol. The number of hydrogen-bond acceptors (Lipinski definition) is 3. The highest BCUT2D eigenvalue weighted by Crippen LogP contribution is 2.36. The first kappa shape index (κ1) is 18.9.